The van der Waals surface area contributed by atoms with Crippen LogP contribution in [0.5, 0.6) is 0 Å². The maximum absolute atomic E-state index is 13.4. The molecule has 2 aliphatic rings. The SMILES string of the molecule is CCCS(=O)(=O)N(CC(O)C(F)F)C[C@H]1CCC2=Cc3c(cnn3-c3ccc(F)cc3)C[C@@]21C. The van der Waals surface area contributed by atoms with Crippen LogP contribution >= 0.6 is 0 Å². The number of fused-ring (bicyclic) bond motifs is 2. The van der Waals surface area contributed by atoms with Gasteiger partial charge in [0.15, 0.2) is 0 Å². The number of hydrogen-bond acceptors (Lipinski definition) is 4. The molecule has 0 amide bonds. The highest BCUT2D eigenvalue weighted by atomic mass is 32.2. The minimum atomic E-state index is -3.78. The number of benzene rings is 1. The van der Waals surface area contributed by atoms with E-state index >= 15 is 0 Å². The smallest absolute Gasteiger partial charge is 0.265 e. The Kier molecular flexibility index (Phi) is 6.94. The molecule has 0 spiro atoms. The van der Waals surface area contributed by atoms with Gasteiger partial charge in [-0.3, -0.25) is 0 Å². The van der Waals surface area contributed by atoms with Gasteiger partial charge in [0.1, 0.15) is 11.9 Å². The van der Waals surface area contributed by atoms with E-state index in [1.165, 1.54) is 12.1 Å². The molecule has 1 aromatic heterocycles. The van der Waals surface area contributed by atoms with Crippen molar-refractivity contribution in [2.24, 2.45) is 11.3 Å². The molecule has 1 aromatic carbocycles. The standard InChI is InChI=1S/C24H30F3N3O3S/c1-3-10-34(32,33)29(15-22(31)23(26)27)14-18-5-4-17-11-21-16(12-24(17,18)2)13-28-30(21)20-8-6-19(25)7-9-20/h6-9,11,13,18,22-23,31H,3-5,10,12,14-15H2,1-2H3/t18-,22?,24+/m1/s1. The summed E-state index contributed by atoms with van der Waals surface area (Å²) in [5, 5.41) is 14.2. The Hall–Kier alpha value is -2.17. The lowest BCUT2D eigenvalue weighted by Crippen LogP contribution is -2.46. The average Bonchev–Trinajstić information content (AvgIpc) is 3.31. The monoisotopic (exact) mass is 497 g/mol. The number of halogens is 3. The van der Waals surface area contributed by atoms with Gasteiger partial charge in [-0.2, -0.15) is 9.40 Å². The van der Waals surface area contributed by atoms with Gasteiger partial charge >= 0.3 is 0 Å². The van der Waals surface area contributed by atoms with E-state index in [2.05, 4.69) is 18.1 Å². The number of aromatic nitrogens is 2. The highest BCUT2D eigenvalue weighted by Gasteiger charge is 2.47. The van der Waals surface area contributed by atoms with Gasteiger partial charge in [0, 0.05) is 13.1 Å². The van der Waals surface area contributed by atoms with Gasteiger partial charge in [-0.05, 0) is 72.9 Å². The Morgan fingerprint density at radius 3 is 2.65 bits per heavy atom. The molecule has 1 fully saturated rings. The van der Waals surface area contributed by atoms with E-state index in [1.807, 2.05) is 0 Å². The van der Waals surface area contributed by atoms with E-state index in [1.54, 1.807) is 29.9 Å². The molecule has 6 nitrogen and oxygen atoms in total. The summed E-state index contributed by atoms with van der Waals surface area (Å²) in [7, 11) is -3.78. The van der Waals surface area contributed by atoms with Crippen LogP contribution in [0.3, 0.4) is 0 Å². The Morgan fingerprint density at radius 1 is 1.29 bits per heavy atom. The maximum atomic E-state index is 13.4. The summed E-state index contributed by atoms with van der Waals surface area (Å²) in [6.45, 7) is 3.28. The minimum absolute atomic E-state index is 0.0847. The molecule has 2 aromatic rings. The number of allylic oxidation sites excluding steroid dienone is 1. The lowest BCUT2D eigenvalue weighted by molar-refractivity contribution is -0.0150. The third-order valence-corrected chi connectivity index (χ3v) is 9.19. The van der Waals surface area contributed by atoms with Crippen molar-refractivity contribution in [2.45, 2.75) is 52.1 Å². The fourth-order valence-corrected chi connectivity index (χ4v) is 6.80. The Balaban J connectivity index is 1.61. The lowest BCUT2D eigenvalue weighted by Gasteiger charge is -2.38. The van der Waals surface area contributed by atoms with Gasteiger partial charge in [0.05, 0.1) is 23.3 Å². The Labute approximate surface area is 198 Å². The van der Waals surface area contributed by atoms with Crippen LogP contribution in [0.15, 0.2) is 36.0 Å². The van der Waals surface area contributed by atoms with Gasteiger partial charge < -0.3 is 5.11 Å². The number of aliphatic hydroxyl groups is 1. The molecule has 1 unspecified atom stereocenters. The second-order valence-corrected chi connectivity index (χ2v) is 11.6. The molecule has 1 N–H and O–H groups in total. The molecule has 0 bridgehead atoms. The predicted octanol–water partition coefficient (Wildman–Crippen LogP) is 4.04. The summed E-state index contributed by atoms with van der Waals surface area (Å²) in [5.41, 5.74) is 3.48. The molecule has 2 aliphatic carbocycles. The van der Waals surface area contributed by atoms with E-state index in [4.69, 9.17) is 0 Å². The number of rotatable bonds is 9. The molecule has 1 saturated carbocycles. The lowest BCUT2D eigenvalue weighted by atomic mass is 9.70. The average molecular weight is 498 g/mol. The van der Waals surface area contributed by atoms with Crippen LogP contribution in [0.1, 0.15) is 44.4 Å². The van der Waals surface area contributed by atoms with Crippen LogP contribution in [-0.4, -0.2) is 59.0 Å². The topological polar surface area (TPSA) is 75.4 Å². The molecule has 186 valence electrons. The molecule has 0 aliphatic heterocycles. The van der Waals surface area contributed by atoms with E-state index in [9.17, 15) is 26.7 Å². The van der Waals surface area contributed by atoms with E-state index in [0.29, 0.717) is 12.8 Å². The van der Waals surface area contributed by atoms with Crippen LogP contribution in [-0.2, 0) is 16.4 Å². The van der Waals surface area contributed by atoms with Crippen molar-refractivity contribution in [3.05, 3.63) is 53.1 Å². The molecule has 0 saturated heterocycles. The summed E-state index contributed by atoms with van der Waals surface area (Å²) in [5.74, 6) is -0.560. The van der Waals surface area contributed by atoms with Crippen LogP contribution in [0, 0.1) is 17.2 Å². The molecule has 3 atom stereocenters. The minimum Gasteiger partial charge on any atom is -0.386 e. The molecular formula is C24H30F3N3O3S. The van der Waals surface area contributed by atoms with Crippen molar-refractivity contribution >= 4 is 16.1 Å². The second kappa shape index (κ2) is 9.47. The van der Waals surface area contributed by atoms with Crippen molar-refractivity contribution in [1.29, 1.82) is 0 Å². The zero-order valence-corrected chi connectivity index (χ0v) is 20.1. The van der Waals surface area contributed by atoms with Crippen molar-refractivity contribution in [3.63, 3.8) is 0 Å². The maximum Gasteiger partial charge on any atom is 0.265 e. The first-order valence-corrected chi connectivity index (χ1v) is 13.1. The summed E-state index contributed by atoms with van der Waals surface area (Å²) < 4.78 is 67.9. The zero-order chi connectivity index (χ0) is 24.7. The first-order valence-electron chi connectivity index (χ1n) is 11.5. The summed E-state index contributed by atoms with van der Waals surface area (Å²) in [4.78, 5) is 0. The molecule has 0 radical (unpaired) electrons. The number of hydrogen-bond donors (Lipinski definition) is 1. The predicted molar refractivity (Wildman–Crippen MR) is 124 cm³/mol. The van der Waals surface area contributed by atoms with E-state index in [0.717, 1.165) is 39.7 Å². The molecular weight excluding hydrogens is 467 g/mol. The van der Waals surface area contributed by atoms with Crippen molar-refractivity contribution in [2.75, 3.05) is 18.8 Å². The van der Waals surface area contributed by atoms with Gasteiger partial charge in [0.2, 0.25) is 10.0 Å². The molecule has 4 rings (SSSR count). The zero-order valence-electron chi connectivity index (χ0n) is 19.3. The third kappa shape index (κ3) is 4.67. The number of sulfonamides is 1. The number of nitrogens with zero attached hydrogens (tertiary/aromatic N) is 3. The Morgan fingerprint density at radius 2 is 2.00 bits per heavy atom. The largest absolute Gasteiger partial charge is 0.386 e. The number of alkyl halides is 2. The normalized spacial score (nSPS) is 23.2. The van der Waals surface area contributed by atoms with Gasteiger partial charge in [-0.25, -0.2) is 26.3 Å². The second-order valence-electron chi connectivity index (χ2n) is 9.48. The highest BCUT2D eigenvalue weighted by Crippen LogP contribution is 2.53. The van der Waals surface area contributed by atoms with Crippen molar-refractivity contribution in [3.8, 4) is 5.69 Å². The van der Waals surface area contributed by atoms with Crippen LogP contribution in [0.2, 0.25) is 0 Å². The van der Waals surface area contributed by atoms with Crippen molar-refractivity contribution in [1.82, 2.24) is 14.1 Å². The van der Waals surface area contributed by atoms with Gasteiger partial charge in [-0.15, -0.1) is 0 Å². The van der Waals surface area contributed by atoms with E-state index in [-0.39, 0.29) is 29.4 Å². The van der Waals surface area contributed by atoms with Gasteiger partial charge in [0.25, 0.3) is 6.43 Å². The van der Waals surface area contributed by atoms with Crippen LogP contribution < -0.4 is 0 Å². The fourth-order valence-electron chi connectivity index (χ4n) is 5.24. The Bertz CT molecular complexity index is 1160. The summed E-state index contributed by atoms with van der Waals surface area (Å²) in [6, 6.07) is 6.09. The summed E-state index contributed by atoms with van der Waals surface area (Å²) in [6.07, 6.45) is 1.30. The van der Waals surface area contributed by atoms with Crippen molar-refractivity contribution < 1.29 is 26.7 Å². The summed E-state index contributed by atoms with van der Waals surface area (Å²) >= 11 is 0. The molecule has 1 heterocycles. The molecule has 34 heavy (non-hydrogen) atoms. The first-order chi connectivity index (χ1) is 16.0. The van der Waals surface area contributed by atoms with Crippen LogP contribution in [0.25, 0.3) is 11.8 Å². The third-order valence-electron chi connectivity index (χ3n) is 7.18. The fraction of sp³-hybridized carbons (Fsp3) is 0.542. The van der Waals surface area contributed by atoms with Gasteiger partial charge in [-0.1, -0.05) is 19.4 Å². The first kappa shape index (κ1) is 24.9. The molecule has 10 heteroatoms. The van der Waals surface area contributed by atoms with Crippen LogP contribution in [0.4, 0.5) is 13.2 Å². The quantitative estimate of drug-likeness (QED) is 0.568. The van der Waals surface area contributed by atoms with E-state index < -0.39 is 29.1 Å². The number of aliphatic hydroxyl groups excluding tert-OH is 1. The highest BCUT2D eigenvalue weighted by molar-refractivity contribution is 7.89.